The molecule has 1 fully saturated rings. The molecule has 0 aliphatic carbocycles. The number of anilines is 1. The van der Waals surface area contributed by atoms with Gasteiger partial charge < -0.3 is 10.2 Å². The van der Waals surface area contributed by atoms with Gasteiger partial charge in [0.2, 0.25) is 0 Å². The molecule has 1 N–H and O–H groups in total. The molecular weight excluding hydrogens is 230 g/mol. The van der Waals surface area contributed by atoms with Crippen LogP contribution in [0.5, 0.6) is 0 Å². The van der Waals surface area contributed by atoms with Crippen LogP contribution in [-0.4, -0.2) is 31.2 Å². The first-order valence-corrected chi connectivity index (χ1v) is 5.23. The van der Waals surface area contributed by atoms with Gasteiger partial charge in [0.15, 0.2) is 0 Å². The predicted molar refractivity (Wildman–Crippen MR) is 57.0 cm³/mol. The van der Waals surface area contributed by atoms with Crippen molar-refractivity contribution in [1.29, 1.82) is 0 Å². The van der Waals surface area contributed by atoms with Gasteiger partial charge in [-0.1, -0.05) is 0 Å². The Morgan fingerprint density at radius 1 is 1.38 bits per heavy atom. The Kier molecular flexibility index (Phi) is 2.80. The Balaban J connectivity index is 2.18. The number of nitrogens with zero attached hydrogens (tertiary/aromatic N) is 2. The first-order valence-electron chi connectivity index (χ1n) is 4.44. The molecule has 0 atom stereocenters. The highest BCUT2D eigenvalue weighted by atomic mass is 79.9. The van der Waals surface area contributed by atoms with Crippen molar-refractivity contribution < 1.29 is 0 Å². The molecule has 13 heavy (non-hydrogen) atoms. The molecule has 1 aromatic heterocycles. The number of nitrogens with one attached hydrogen (secondary N) is 1. The fraction of sp³-hybridized carbons (Fsp3) is 0.444. The third-order valence-electron chi connectivity index (χ3n) is 2.20. The van der Waals surface area contributed by atoms with E-state index < -0.39 is 0 Å². The zero-order chi connectivity index (χ0) is 9.10. The van der Waals surface area contributed by atoms with E-state index in [1.165, 1.54) is 5.69 Å². The molecule has 0 radical (unpaired) electrons. The van der Waals surface area contributed by atoms with Gasteiger partial charge in [0, 0.05) is 32.4 Å². The highest BCUT2D eigenvalue weighted by Gasteiger charge is 2.12. The summed E-state index contributed by atoms with van der Waals surface area (Å²) in [4.78, 5) is 6.55. The lowest BCUT2D eigenvalue weighted by Gasteiger charge is -2.29. The van der Waals surface area contributed by atoms with Gasteiger partial charge in [-0.25, -0.2) is 4.98 Å². The zero-order valence-electron chi connectivity index (χ0n) is 7.33. The monoisotopic (exact) mass is 241 g/mol. The van der Waals surface area contributed by atoms with E-state index in [0.29, 0.717) is 0 Å². The Labute approximate surface area is 86.3 Å². The van der Waals surface area contributed by atoms with Crippen molar-refractivity contribution in [3.05, 3.63) is 22.9 Å². The van der Waals surface area contributed by atoms with Crippen LogP contribution in [0.15, 0.2) is 22.9 Å². The van der Waals surface area contributed by atoms with E-state index in [1.54, 1.807) is 6.20 Å². The van der Waals surface area contributed by atoms with Gasteiger partial charge in [0.1, 0.15) is 4.60 Å². The van der Waals surface area contributed by atoms with Crippen molar-refractivity contribution in [2.24, 2.45) is 0 Å². The molecule has 2 heterocycles. The van der Waals surface area contributed by atoms with E-state index in [4.69, 9.17) is 0 Å². The fourth-order valence-corrected chi connectivity index (χ4v) is 2.02. The average Bonchev–Trinajstić information content (AvgIpc) is 2.20. The fourth-order valence-electron chi connectivity index (χ4n) is 1.52. The van der Waals surface area contributed by atoms with E-state index in [2.05, 4.69) is 37.2 Å². The van der Waals surface area contributed by atoms with Gasteiger partial charge in [-0.2, -0.15) is 0 Å². The van der Waals surface area contributed by atoms with Crippen LogP contribution in [0.3, 0.4) is 0 Å². The molecule has 0 aromatic carbocycles. The molecule has 0 saturated carbocycles. The molecule has 0 unspecified atom stereocenters. The third-order valence-corrected chi connectivity index (χ3v) is 2.81. The summed E-state index contributed by atoms with van der Waals surface area (Å²) < 4.78 is 0.942. The lowest BCUT2D eigenvalue weighted by molar-refractivity contribution is 0.588. The lowest BCUT2D eigenvalue weighted by Crippen LogP contribution is -2.43. The number of rotatable bonds is 1. The van der Waals surface area contributed by atoms with Gasteiger partial charge in [-0.3, -0.25) is 0 Å². The Morgan fingerprint density at radius 2 is 2.15 bits per heavy atom. The molecule has 1 aliphatic rings. The van der Waals surface area contributed by atoms with Crippen molar-refractivity contribution in [3.63, 3.8) is 0 Å². The highest BCUT2D eigenvalue weighted by Crippen LogP contribution is 2.23. The van der Waals surface area contributed by atoms with Crippen LogP contribution in [0.25, 0.3) is 0 Å². The van der Waals surface area contributed by atoms with Gasteiger partial charge in [0.05, 0.1) is 5.69 Å². The first kappa shape index (κ1) is 8.97. The molecule has 0 bridgehead atoms. The van der Waals surface area contributed by atoms with E-state index in [9.17, 15) is 0 Å². The van der Waals surface area contributed by atoms with Gasteiger partial charge in [-0.15, -0.1) is 0 Å². The Hall–Kier alpha value is -0.610. The number of halogens is 1. The summed E-state index contributed by atoms with van der Waals surface area (Å²) in [6.07, 6.45) is 1.80. The van der Waals surface area contributed by atoms with Crippen molar-refractivity contribution in [3.8, 4) is 0 Å². The molecule has 1 aliphatic heterocycles. The predicted octanol–water partition coefficient (Wildman–Crippen LogP) is 1.25. The standard InChI is InChI=1S/C9H12BrN3/c10-9-8(2-1-3-12-9)13-6-4-11-5-7-13/h1-3,11H,4-7H2. The summed E-state index contributed by atoms with van der Waals surface area (Å²) in [6, 6.07) is 4.07. The molecular formula is C9H12BrN3. The minimum atomic E-state index is 0.942. The van der Waals surface area contributed by atoms with E-state index >= 15 is 0 Å². The molecule has 1 saturated heterocycles. The van der Waals surface area contributed by atoms with E-state index in [0.717, 1.165) is 30.8 Å². The number of hydrogen-bond acceptors (Lipinski definition) is 3. The lowest BCUT2D eigenvalue weighted by atomic mass is 10.3. The molecule has 0 amide bonds. The number of pyridine rings is 1. The van der Waals surface area contributed by atoms with E-state index in [-0.39, 0.29) is 0 Å². The summed E-state index contributed by atoms with van der Waals surface area (Å²) in [7, 11) is 0. The number of hydrogen-bond donors (Lipinski definition) is 1. The van der Waals surface area contributed by atoms with Crippen LogP contribution in [-0.2, 0) is 0 Å². The third kappa shape index (κ3) is 2.00. The maximum absolute atomic E-state index is 4.21. The summed E-state index contributed by atoms with van der Waals surface area (Å²) in [5.74, 6) is 0. The van der Waals surface area contributed by atoms with Gasteiger partial charge in [-0.05, 0) is 28.1 Å². The second-order valence-electron chi connectivity index (χ2n) is 3.05. The second kappa shape index (κ2) is 4.07. The molecule has 4 heteroatoms. The maximum Gasteiger partial charge on any atom is 0.129 e. The molecule has 1 aromatic rings. The first-order chi connectivity index (χ1) is 6.38. The molecule has 0 spiro atoms. The normalized spacial score (nSPS) is 17.5. The van der Waals surface area contributed by atoms with Crippen LogP contribution in [0.1, 0.15) is 0 Å². The minimum absolute atomic E-state index is 0.942. The van der Waals surface area contributed by atoms with Gasteiger partial charge in [0.25, 0.3) is 0 Å². The van der Waals surface area contributed by atoms with Crippen molar-refractivity contribution in [2.45, 2.75) is 0 Å². The highest BCUT2D eigenvalue weighted by molar-refractivity contribution is 9.10. The van der Waals surface area contributed by atoms with Crippen LogP contribution >= 0.6 is 15.9 Å². The summed E-state index contributed by atoms with van der Waals surface area (Å²) in [5, 5.41) is 3.33. The van der Waals surface area contributed by atoms with Crippen LogP contribution in [0.2, 0.25) is 0 Å². The second-order valence-corrected chi connectivity index (χ2v) is 3.80. The largest absolute Gasteiger partial charge is 0.367 e. The smallest absolute Gasteiger partial charge is 0.129 e. The quantitative estimate of drug-likeness (QED) is 0.751. The maximum atomic E-state index is 4.21. The van der Waals surface area contributed by atoms with Crippen molar-refractivity contribution in [1.82, 2.24) is 10.3 Å². The number of piperazine rings is 1. The topological polar surface area (TPSA) is 28.2 Å². The zero-order valence-corrected chi connectivity index (χ0v) is 8.92. The molecule has 70 valence electrons. The van der Waals surface area contributed by atoms with Crippen LogP contribution in [0, 0.1) is 0 Å². The van der Waals surface area contributed by atoms with Crippen molar-refractivity contribution in [2.75, 3.05) is 31.1 Å². The van der Waals surface area contributed by atoms with E-state index in [1.807, 2.05) is 6.07 Å². The average molecular weight is 242 g/mol. The summed E-state index contributed by atoms with van der Waals surface area (Å²) in [5.41, 5.74) is 1.20. The molecule has 3 nitrogen and oxygen atoms in total. The number of aromatic nitrogens is 1. The Bertz CT molecular complexity index is 284. The minimum Gasteiger partial charge on any atom is -0.367 e. The molecule has 2 rings (SSSR count). The summed E-state index contributed by atoms with van der Waals surface area (Å²) >= 11 is 3.46. The van der Waals surface area contributed by atoms with Crippen LogP contribution < -0.4 is 10.2 Å². The SMILES string of the molecule is Brc1ncccc1N1CCNCC1. The van der Waals surface area contributed by atoms with Crippen molar-refractivity contribution >= 4 is 21.6 Å². The Morgan fingerprint density at radius 3 is 2.85 bits per heavy atom. The summed E-state index contributed by atoms with van der Waals surface area (Å²) in [6.45, 7) is 4.23. The van der Waals surface area contributed by atoms with Crippen LogP contribution in [0.4, 0.5) is 5.69 Å². The van der Waals surface area contributed by atoms with Gasteiger partial charge >= 0.3 is 0 Å².